The fourth-order valence-electron chi connectivity index (χ4n) is 1.12. The van der Waals surface area contributed by atoms with Crippen LogP contribution in [0.2, 0.25) is 0 Å². The van der Waals surface area contributed by atoms with Gasteiger partial charge in [-0.2, -0.15) is 0 Å². The van der Waals surface area contributed by atoms with E-state index >= 15 is 0 Å². The standard InChI is InChI=1S/C10H8BrNO6/c1-17-10(14)5-18-9-3-8(12(15)16)6(4-13)2-7(9)11/h2-4H,5H2,1H3. The van der Waals surface area contributed by atoms with Crippen LogP contribution < -0.4 is 4.74 Å². The summed E-state index contributed by atoms with van der Waals surface area (Å²) in [5.41, 5.74) is -0.481. The Morgan fingerprint density at radius 1 is 1.56 bits per heavy atom. The number of carbonyl (C=O) groups excluding carboxylic acids is 2. The number of nitro benzene ring substituents is 1. The zero-order valence-corrected chi connectivity index (χ0v) is 10.8. The lowest BCUT2D eigenvalue weighted by molar-refractivity contribution is -0.385. The van der Waals surface area contributed by atoms with Crippen molar-refractivity contribution < 1.29 is 24.0 Å². The molecule has 1 aromatic rings. The molecule has 0 aromatic heterocycles. The normalized spacial score (nSPS) is 9.67. The molecular weight excluding hydrogens is 310 g/mol. The summed E-state index contributed by atoms with van der Waals surface area (Å²) in [4.78, 5) is 31.6. The molecular formula is C10H8BrNO6. The molecule has 0 bridgehead atoms. The second kappa shape index (κ2) is 6.10. The number of hydrogen-bond donors (Lipinski definition) is 0. The molecule has 0 amide bonds. The van der Waals surface area contributed by atoms with Crippen LogP contribution in [0.4, 0.5) is 5.69 Å². The van der Waals surface area contributed by atoms with E-state index in [0.717, 1.165) is 6.07 Å². The van der Waals surface area contributed by atoms with E-state index in [9.17, 15) is 19.7 Å². The molecule has 1 aromatic carbocycles. The first kappa shape index (κ1) is 14.1. The van der Waals surface area contributed by atoms with Crippen LogP contribution in [0.15, 0.2) is 16.6 Å². The summed E-state index contributed by atoms with van der Waals surface area (Å²) in [6, 6.07) is 2.31. The van der Waals surface area contributed by atoms with Crippen molar-refractivity contribution in [2.75, 3.05) is 13.7 Å². The summed E-state index contributed by atoms with van der Waals surface area (Å²) in [6.45, 7) is -0.382. The van der Waals surface area contributed by atoms with E-state index in [1.54, 1.807) is 0 Å². The van der Waals surface area contributed by atoms with Crippen LogP contribution in [0.3, 0.4) is 0 Å². The van der Waals surface area contributed by atoms with Crippen LogP contribution in [-0.4, -0.2) is 30.9 Å². The van der Waals surface area contributed by atoms with E-state index in [1.807, 2.05) is 0 Å². The molecule has 0 unspecified atom stereocenters. The molecule has 1 rings (SSSR count). The van der Waals surface area contributed by atoms with Gasteiger partial charge in [-0.3, -0.25) is 14.9 Å². The molecule has 0 N–H and O–H groups in total. The zero-order chi connectivity index (χ0) is 13.7. The SMILES string of the molecule is COC(=O)COc1cc([N+](=O)[O-])c(C=O)cc1Br. The predicted molar refractivity (Wildman–Crippen MR) is 63.7 cm³/mol. The molecule has 18 heavy (non-hydrogen) atoms. The number of carbonyl (C=O) groups is 2. The van der Waals surface area contributed by atoms with Crippen LogP contribution in [-0.2, 0) is 9.53 Å². The van der Waals surface area contributed by atoms with Gasteiger partial charge in [0.1, 0.15) is 5.75 Å². The van der Waals surface area contributed by atoms with Gasteiger partial charge in [0, 0.05) is 0 Å². The van der Waals surface area contributed by atoms with Crippen molar-refractivity contribution in [1.29, 1.82) is 0 Å². The van der Waals surface area contributed by atoms with Gasteiger partial charge < -0.3 is 9.47 Å². The van der Waals surface area contributed by atoms with Crippen molar-refractivity contribution in [2.24, 2.45) is 0 Å². The molecule has 96 valence electrons. The fourth-order valence-corrected chi connectivity index (χ4v) is 1.59. The number of ether oxygens (including phenoxy) is 2. The molecule has 0 aliphatic heterocycles. The maximum atomic E-state index is 10.9. The third kappa shape index (κ3) is 3.27. The third-order valence-corrected chi connectivity index (χ3v) is 2.60. The van der Waals surface area contributed by atoms with Crippen molar-refractivity contribution >= 4 is 33.9 Å². The van der Waals surface area contributed by atoms with E-state index in [2.05, 4.69) is 20.7 Å². The summed E-state index contributed by atoms with van der Waals surface area (Å²) < 4.78 is 9.74. The van der Waals surface area contributed by atoms with Gasteiger partial charge in [0.2, 0.25) is 0 Å². The average Bonchev–Trinajstić information content (AvgIpc) is 2.35. The van der Waals surface area contributed by atoms with Gasteiger partial charge in [-0.15, -0.1) is 0 Å². The Morgan fingerprint density at radius 3 is 2.72 bits per heavy atom. The van der Waals surface area contributed by atoms with Gasteiger partial charge >= 0.3 is 5.97 Å². The third-order valence-electron chi connectivity index (χ3n) is 1.98. The number of nitro groups is 1. The highest BCUT2D eigenvalue weighted by molar-refractivity contribution is 9.10. The second-order valence-corrected chi connectivity index (χ2v) is 3.94. The summed E-state index contributed by atoms with van der Waals surface area (Å²) in [6.07, 6.45) is 0.368. The van der Waals surface area contributed by atoms with E-state index in [-0.39, 0.29) is 17.9 Å². The topological polar surface area (TPSA) is 95.7 Å². The number of esters is 1. The predicted octanol–water partition coefficient (Wildman–Crippen LogP) is 1.72. The Hall–Kier alpha value is -1.96. The average molecular weight is 318 g/mol. The van der Waals surface area contributed by atoms with Crippen molar-refractivity contribution in [3.05, 3.63) is 32.3 Å². The van der Waals surface area contributed by atoms with E-state index in [4.69, 9.17) is 4.74 Å². The minimum atomic E-state index is -0.707. The molecule has 0 spiro atoms. The van der Waals surface area contributed by atoms with E-state index in [0.29, 0.717) is 10.8 Å². The first-order valence-corrected chi connectivity index (χ1v) is 5.41. The molecule has 0 atom stereocenters. The van der Waals surface area contributed by atoms with Crippen LogP contribution >= 0.6 is 15.9 Å². The molecule has 0 radical (unpaired) electrons. The van der Waals surface area contributed by atoms with Crippen molar-refractivity contribution in [1.82, 2.24) is 0 Å². The van der Waals surface area contributed by atoms with Gasteiger partial charge in [0.05, 0.1) is 28.1 Å². The Kier molecular flexibility index (Phi) is 4.78. The van der Waals surface area contributed by atoms with Gasteiger partial charge in [-0.25, -0.2) is 4.79 Å². The lowest BCUT2D eigenvalue weighted by atomic mass is 10.2. The molecule has 0 aliphatic rings. The number of rotatable bonds is 5. The lowest BCUT2D eigenvalue weighted by Gasteiger charge is -2.07. The summed E-state index contributed by atoms with van der Waals surface area (Å²) in [5, 5.41) is 10.7. The molecule has 7 nitrogen and oxygen atoms in total. The molecule has 8 heteroatoms. The smallest absolute Gasteiger partial charge is 0.343 e. The number of halogens is 1. The van der Waals surface area contributed by atoms with Gasteiger partial charge in [0.15, 0.2) is 12.9 Å². The molecule has 0 aliphatic carbocycles. The van der Waals surface area contributed by atoms with Crippen molar-refractivity contribution in [3.63, 3.8) is 0 Å². The largest absolute Gasteiger partial charge is 0.480 e. The van der Waals surface area contributed by atoms with Gasteiger partial charge in [-0.05, 0) is 22.0 Å². The van der Waals surface area contributed by atoms with Crippen LogP contribution in [0.1, 0.15) is 10.4 Å². The van der Waals surface area contributed by atoms with Gasteiger partial charge in [0.25, 0.3) is 5.69 Å². The number of methoxy groups -OCH3 is 1. The molecule has 0 saturated carbocycles. The first-order valence-electron chi connectivity index (χ1n) is 4.62. The van der Waals surface area contributed by atoms with Gasteiger partial charge in [-0.1, -0.05) is 0 Å². The van der Waals surface area contributed by atoms with Crippen LogP contribution in [0.5, 0.6) is 5.75 Å². The molecule has 0 fully saturated rings. The van der Waals surface area contributed by atoms with Crippen LogP contribution in [0, 0.1) is 10.1 Å². The Morgan fingerprint density at radius 2 is 2.22 bits per heavy atom. The Balaban J connectivity index is 3.05. The highest BCUT2D eigenvalue weighted by Gasteiger charge is 2.18. The maximum absolute atomic E-state index is 10.9. The van der Waals surface area contributed by atoms with Crippen LogP contribution in [0.25, 0.3) is 0 Å². The summed E-state index contributed by atoms with van der Waals surface area (Å²) in [5.74, 6) is -0.540. The Bertz CT molecular complexity index is 501. The minimum absolute atomic E-state index is 0.0812. The maximum Gasteiger partial charge on any atom is 0.343 e. The quantitative estimate of drug-likeness (QED) is 0.355. The number of aldehydes is 1. The zero-order valence-electron chi connectivity index (χ0n) is 9.21. The number of hydrogen-bond acceptors (Lipinski definition) is 6. The monoisotopic (exact) mass is 317 g/mol. The molecule has 0 heterocycles. The molecule has 0 saturated heterocycles. The number of benzene rings is 1. The van der Waals surface area contributed by atoms with E-state index in [1.165, 1.54) is 13.2 Å². The summed E-state index contributed by atoms with van der Waals surface area (Å²) in [7, 11) is 1.19. The number of nitrogens with zero attached hydrogens (tertiary/aromatic N) is 1. The van der Waals surface area contributed by atoms with Crippen molar-refractivity contribution in [3.8, 4) is 5.75 Å². The highest BCUT2D eigenvalue weighted by Crippen LogP contribution is 2.32. The summed E-state index contributed by atoms with van der Waals surface area (Å²) >= 11 is 3.08. The Labute approximate surface area is 110 Å². The second-order valence-electron chi connectivity index (χ2n) is 3.08. The first-order chi connectivity index (χ1) is 8.49. The minimum Gasteiger partial charge on any atom is -0.480 e. The fraction of sp³-hybridized carbons (Fsp3) is 0.200. The van der Waals surface area contributed by atoms with E-state index < -0.39 is 16.6 Å². The van der Waals surface area contributed by atoms with Crippen molar-refractivity contribution in [2.45, 2.75) is 0 Å². The lowest BCUT2D eigenvalue weighted by Crippen LogP contribution is -2.13. The highest BCUT2D eigenvalue weighted by atomic mass is 79.9.